The van der Waals surface area contributed by atoms with Crippen LogP contribution in [0.15, 0.2) is 12.1 Å². The molecule has 0 saturated heterocycles. The molecule has 0 heterocycles. The predicted octanol–water partition coefficient (Wildman–Crippen LogP) is 2.47. The van der Waals surface area contributed by atoms with Crippen LogP contribution in [0.5, 0.6) is 0 Å². The summed E-state index contributed by atoms with van der Waals surface area (Å²) < 4.78 is 27.4. The number of nitrogens with two attached hydrogens (primary N) is 1. The summed E-state index contributed by atoms with van der Waals surface area (Å²) in [5.74, 6) is -3.67. The molecule has 0 aliphatic carbocycles. The van der Waals surface area contributed by atoms with Crippen LogP contribution in [0.1, 0.15) is 30.6 Å². The number of hydrogen-bond donors (Lipinski definition) is 2. The molecule has 1 rings (SSSR count). The van der Waals surface area contributed by atoms with Crippen molar-refractivity contribution in [1.82, 2.24) is 0 Å². The number of carbonyl (C=O) groups is 1. The molecule has 0 spiro atoms. The topological polar surface area (TPSA) is 66.6 Å². The summed E-state index contributed by atoms with van der Waals surface area (Å²) >= 11 is 0. The van der Waals surface area contributed by atoms with Crippen molar-refractivity contribution >= 4 is 11.7 Å². The standard InChI is InChI=1S/C14H20F2N2O2/c1-8(2)10(17)6-7-18(3)11-5-4-9(14(19)20)12(15)13(11)16/h4-5,8,10H,6-7,17H2,1-3H3,(H,19,20). The van der Waals surface area contributed by atoms with Crippen LogP contribution in [-0.4, -0.2) is 30.7 Å². The minimum Gasteiger partial charge on any atom is -0.478 e. The third-order valence-corrected chi connectivity index (χ3v) is 3.36. The summed E-state index contributed by atoms with van der Waals surface area (Å²) in [6.45, 7) is 4.45. The van der Waals surface area contributed by atoms with E-state index in [1.54, 1.807) is 7.05 Å². The molecule has 3 N–H and O–H groups in total. The predicted molar refractivity (Wildman–Crippen MR) is 74.0 cm³/mol. The molecule has 1 aromatic rings. The van der Waals surface area contributed by atoms with Crippen molar-refractivity contribution in [3.63, 3.8) is 0 Å². The van der Waals surface area contributed by atoms with Gasteiger partial charge in [-0.05, 0) is 24.5 Å². The van der Waals surface area contributed by atoms with E-state index in [1.165, 1.54) is 11.0 Å². The van der Waals surface area contributed by atoms with Crippen LogP contribution in [0.3, 0.4) is 0 Å². The number of hydrogen-bond acceptors (Lipinski definition) is 3. The fourth-order valence-electron chi connectivity index (χ4n) is 1.80. The van der Waals surface area contributed by atoms with E-state index in [4.69, 9.17) is 10.8 Å². The Balaban J connectivity index is 2.87. The van der Waals surface area contributed by atoms with Crippen LogP contribution >= 0.6 is 0 Å². The fraction of sp³-hybridized carbons (Fsp3) is 0.500. The van der Waals surface area contributed by atoms with Crippen molar-refractivity contribution in [2.24, 2.45) is 11.7 Å². The van der Waals surface area contributed by atoms with Crippen LogP contribution in [0.4, 0.5) is 14.5 Å². The molecular weight excluding hydrogens is 266 g/mol. The van der Waals surface area contributed by atoms with Gasteiger partial charge in [0.2, 0.25) is 0 Å². The van der Waals surface area contributed by atoms with E-state index in [-0.39, 0.29) is 11.7 Å². The first-order chi connectivity index (χ1) is 9.25. The average molecular weight is 286 g/mol. The lowest BCUT2D eigenvalue weighted by molar-refractivity contribution is 0.0690. The lowest BCUT2D eigenvalue weighted by atomic mass is 10.0. The fourth-order valence-corrected chi connectivity index (χ4v) is 1.80. The molecule has 0 radical (unpaired) electrons. The quantitative estimate of drug-likeness (QED) is 0.843. The van der Waals surface area contributed by atoms with Crippen LogP contribution in [0.2, 0.25) is 0 Å². The Hall–Kier alpha value is -1.69. The number of carboxylic acid groups (broad SMARTS) is 1. The molecule has 0 saturated carbocycles. The Bertz CT molecular complexity index is 492. The molecule has 1 unspecified atom stereocenters. The van der Waals surface area contributed by atoms with Gasteiger partial charge in [-0.25, -0.2) is 13.6 Å². The van der Waals surface area contributed by atoms with E-state index in [2.05, 4.69) is 0 Å². The highest BCUT2D eigenvalue weighted by Crippen LogP contribution is 2.24. The van der Waals surface area contributed by atoms with Gasteiger partial charge in [0.1, 0.15) is 0 Å². The molecule has 112 valence electrons. The van der Waals surface area contributed by atoms with E-state index in [0.29, 0.717) is 18.9 Å². The number of rotatable bonds is 6. The van der Waals surface area contributed by atoms with Crippen molar-refractivity contribution in [3.05, 3.63) is 29.3 Å². The van der Waals surface area contributed by atoms with Gasteiger partial charge < -0.3 is 15.7 Å². The summed E-state index contributed by atoms with van der Waals surface area (Å²) in [5, 5.41) is 8.72. The molecule has 1 atom stereocenters. The highest BCUT2D eigenvalue weighted by Gasteiger charge is 2.20. The third kappa shape index (κ3) is 3.66. The maximum atomic E-state index is 13.8. The van der Waals surface area contributed by atoms with E-state index in [0.717, 1.165) is 6.07 Å². The van der Waals surface area contributed by atoms with Crippen molar-refractivity contribution in [1.29, 1.82) is 0 Å². The Labute approximate surface area is 117 Å². The molecule has 1 aromatic carbocycles. The lowest BCUT2D eigenvalue weighted by Crippen LogP contribution is -2.32. The molecule has 0 fully saturated rings. The van der Waals surface area contributed by atoms with Crippen molar-refractivity contribution in [2.45, 2.75) is 26.3 Å². The van der Waals surface area contributed by atoms with Crippen LogP contribution in [-0.2, 0) is 0 Å². The van der Waals surface area contributed by atoms with Crippen LogP contribution in [0, 0.1) is 17.6 Å². The summed E-state index contributed by atoms with van der Waals surface area (Å²) in [5.41, 5.74) is 5.27. The van der Waals surface area contributed by atoms with E-state index >= 15 is 0 Å². The largest absolute Gasteiger partial charge is 0.478 e. The zero-order valence-electron chi connectivity index (χ0n) is 11.9. The van der Waals surface area contributed by atoms with Crippen molar-refractivity contribution in [2.75, 3.05) is 18.5 Å². The second-order valence-electron chi connectivity index (χ2n) is 5.18. The molecule has 0 amide bonds. The first-order valence-corrected chi connectivity index (χ1v) is 6.43. The Kier molecular flexibility index (Phi) is 5.44. The molecule has 0 aliphatic rings. The molecular formula is C14H20F2N2O2. The Morgan fingerprint density at radius 1 is 1.35 bits per heavy atom. The van der Waals surface area contributed by atoms with E-state index < -0.39 is 23.2 Å². The van der Waals surface area contributed by atoms with Gasteiger partial charge in [-0.15, -0.1) is 0 Å². The summed E-state index contributed by atoms with van der Waals surface area (Å²) in [7, 11) is 1.62. The molecule has 0 aliphatic heterocycles. The smallest absolute Gasteiger partial charge is 0.338 e. The molecule has 0 aromatic heterocycles. The Morgan fingerprint density at radius 2 is 1.95 bits per heavy atom. The van der Waals surface area contributed by atoms with Gasteiger partial charge in [0.05, 0.1) is 11.3 Å². The SMILES string of the molecule is CC(C)C(N)CCN(C)c1ccc(C(=O)O)c(F)c1F. The zero-order chi connectivity index (χ0) is 15.4. The molecule has 4 nitrogen and oxygen atoms in total. The number of aromatic carboxylic acids is 1. The van der Waals surface area contributed by atoms with Crippen molar-refractivity contribution in [3.8, 4) is 0 Å². The molecule has 6 heteroatoms. The molecule has 0 bridgehead atoms. The number of benzene rings is 1. The lowest BCUT2D eigenvalue weighted by Gasteiger charge is -2.23. The van der Waals surface area contributed by atoms with Crippen LogP contribution < -0.4 is 10.6 Å². The van der Waals surface area contributed by atoms with Gasteiger partial charge >= 0.3 is 5.97 Å². The van der Waals surface area contributed by atoms with Gasteiger partial charge in [-0.1, -0.05) is 13.8 Å². The maximum Gasteiger partial charge on any atom is 0.338 e. The third-order valence-electron chi connectivity index (χ3n) is 3.36. The second-order valence-corrected chi connectivity index (χ2v) is 5.18. The van der Waals surface area contributed by atoms with Gasteiger partial charge in [-0.3, -0.25) is 0 Å². The summed E-state index contributed by atoms with van der Waals surface area (Å²) in [6.07, 6.45) is 0.635. The van der Waals surface area contributed by atoms with E-state index in [9.17, 15) is 13.6 Å². The monoisotopic (exact) mass is 286 g/mol. The normalized spacial score (nSPS) is 12.6. The maximum absolute atomic E-state index is 13.8. The highest BCUT2D eigenvalue weighted by atomic mass is 19.2. The highest BCUT2D eigenvalue weighted by molar-refractivity contribution is 5.88. The zero-order valence-corrected chi connectivity index (χ0v) is 11.9. The minimum atomic E-state index is -1.49. The summed E-state index contributed by atoms with van der Waals surface area (Å²) in [4.78, 5) is 12.2. The number of nitrogens with zero attached hydrogens (tertiary/aromatic N) is 1. The number of carboxylic acids is 1. The number of halogens is 2. The van der Waals surface area contributed by atoms with Gasteiger partial charge in [0.25, 0.3) is 0 Å². The van der Waals surface area contributed by atoms with Crippen molar-refractivity contribution < 1.29 is 18.7 Å². The number of anilines is 1. The second kappa shape index (κ2) is 6.65. The minimum absolute atomic E-state index is 0.0244. The Morgan fingerprint density at radius 3 is 2.45 bits per heavy atom. The summed E-state index contributed by atoms with van der Waals surface area (Å²) in [6, 6.07) is 2.31. The van der Waals surface area contributed by atoms with Gasteiger partial charge in [0.15, 0.2) is 11.6 Å². The van der Waals surface area contributed by atoms with Crippen LogP contribution in [0.25, 0.3) is 0 Å². The van der Waals surface area contributed by atoms with Gasteiger partial charge in [-0.2, -0.15) is 0 Å². The first kappa shape index (κ1) is 16.4. The van der Waals surface area contributed by atoms with E-state index in [1.807, 2.05) is 13.8 Å². The first-order valence-electron chi connectivity index (χ1n) is 6.43. The average Bonchev–Trinajstić information content (AvgIpc) is 2.37. The molecule has 20 heavy (non-hydrogen) atoms. The van der Waals surface area contributed by atoms with Gasteiger partial charge in [0, 0.05) is 19.6 Å².